The van der Waals surface area contributed by atoms with Crippen LogP contribution in [-0.4, -0.2) is 37.8 Å². The predicted molar refractivity (Wildman–Crippen MR) is 100.0 cm³/mol. The number of thiazole rings is 1. The van der Waals surface area contributed by atoms with Crippen molar-refractivity contribution < 1.29 is 14.3 Å². The highest BCUT2D eigenvalue weighted by atomic mass is 32.1. The molecule has 3 rings (SSSR count). The second-order valence-electron chi connectivity index (χ2n) is 6.13. The topological polar surface area (TPSA) is 51.7 Å². The average molecular weight is 360 g/mol. The van der Waals surface area contributed by atoms with E-state index < -0.39 is 0 Å². The van der Waals surface area contributed by atoms with Gasteiger partial charge in [-0.05, 0) is 51.0 Å². The average Bonchev–Trinajstić information content (AvgIpc) is 3.05. The number of carbonyl (C=O) groups excluding carboxylic acids is 1. The van der Waals surface area contributed by atoms with Crippen LogP contribution in [0.25, 0.3) is 0 Å². The number of hydrogen-bond donors (Lipinski definition) is 0. The molecule has 1 aromatic heterocycles. The largest absolute Gasteiger partial charge is 0.497 e. The molecule has 1 atom stereocenters. The molecule has 1 unspecified atom stereocenters. The third-order valence-corrected chi connectivity index (χ3v) is 5.77. The Morgan fingerprint density at radius 1 is 1.40 bits per heavy atom. The van der Waals surface area contributed by atoms with Crippen LogP contribution in [0.15, 0.2) is 24.3 Å². The zero-order valence-electron chi connectivity index (χ0n) is 14.9. The zero-order chi connectivity index (χ0) is 17.8. The molecule has 25 heavy (non-hydrogen) atoms. The van der Waals surface area contributed by atoms with E-state index in [9.17, 15) is 4.79 Å². The summed E-state index contributed by atoms with van der Waals surface area (Å²) in [6.45, 7) is 6.03. The summed E-state index contributed by atoms with van der Waals surface area (Å²) in [6.07, 6.45) is 2.13. The van der Waals surface area contributed by atoms with Gasteiger partial charge in [-0.3, -0.25) is 4.79 Å². The maximum Gasteiger partial charge on any atom is 0.270 e. The van der Waals surface area contributed by atoms with Gasteiger partial charge in [0.2, 0.25) is 0 Å². The van der Waals surface area contributed by atoms with Gasteiger partial charge >= 0.3 is 0 Å². The minimum atomic E-state index is 0.00523. The Hall–Kier alpha value is -1.92. The van der Waals surface area contributed by atoms with Gasteiger partial charge in [0.05, 0.1) is 24.4 Å². The molecule has 0 radical (unpaired) electrons. The lowest BCUT2D eigenvalue weighted by molar-refractivity contribution is 0.0803. The molecule has 0 spiro atoms. The lowest BCUT2D eigenvalue weighted by atomic mass is 10.0. The van der Waals surface area contributed by atoms with E-state index in [1.54, 1.807) is 12.0 Å². The number of ether oxygens (including phenoxy) is 2. The van der Waals surface area contributed by atoms with Crippen molar-refractivity contribution in [2.45, 2.75) is 32.6 Å². The van der Waals surface area contributed by atoms with Gasteiger partial charge in [0, 0.05) is 24.8 Å². The Kier molecular flexibility index (Phi) is 5.71. The summed E-state index contributed by atoms with van der Waals surface area (Å²) in [4.78, 5) is 20.2. The SMILES string of the molecule is CCN(C(=O)c1sc(C2CCCOC2)nc1C)c1ccc(OC)cc1. The maximum absolute atomic E-state index is 13.1. The number of amides is 1. The van der Waals surface area contributed by atoms with Crippen molar-refractivity contribution in [1.29, 1.82) is 0 Å². The summed E-state index contributed by atoms with van der Waals surface area (Å²) in [7, 11) is 1.63. The number of rotatable bonds is 5. The van der Waals surface area contributed by atoms with Crippen LogP contribution >= 0.6 is 11.3 Å². The summed E-state index contributed by atoms with van der Waals surface area (Å²) < 4.78 is 10.8. The van der Waals surface area contributed by atoms with Crippen LogP contribution in [0, 0.1) is 6.92 Å². The van der Waals surface area contributed by atoms with Gasteiger partial charge in [-0.1, -0.05) is 0 Å². The monoisotopic (exact) mass is 360 g/mol. The fourth-order valence-corrected chi connectivity index (χ4v) is 4.19. The zero-order valence-corrected chi connectivity index (χ0v) is 15.8. The molecule has 2 aromatic rings. The number of hydrogen-bond acceptors (Lipinski definition) is 5. The Balaban J connectivity index is 1.83. The molecule has 1 saturated heterocycles. The van der Waals surface area contributed by atoms with Crippen LogP contribution in [0.1, 0.15) is 46.1 Å². The van der Waals surface area contributed by atoms with E-state index in [1.165, 1.54) is 11.3 Å². The molecule has 1 amide bonds. The van der Waals surface area contributed by atoms with Gasteiger partial charge in [-0.15, -0.1) is 11.3 Å². The lowest BCUT2D eigenvalue weighted by Gasteiger charge is -2.21. The van der Waals surface area contributed by atoms with Crippen molar-refractivity contribution in [2.75, 3.05) is 31.8 Å². The second-order valence-corrected chi connectivity index (χ2v) is 7.16. The summed E-state index contributed by atoms with van der Waals surface area (Å²) in [5.74, 6) is 1.10. The van der Waals surface area contributed by atoms with Crippen LogP contribution in [-0.2, 0) is 4.74 Å². The molecular weight excluding hydrogens is 336 g/mol. The molecule has 0 bridgehead atoms. The Labute approximate surface area is 152 Å². The number of aromatic nitrogens is 1. The normalized spacial score (nSPS) is 17.3. The van der Waals surface area contributed by atoms with Gasteiger partial charge in [0.15, 0.2) is 0 Å². The molecular formula is C19H24N2O3S. The Morgan fingerprint density at radius 3 is 2.76 bits per heavy atom. The van der Waals surface area contributed by atoms with E-state index in [2.05, 4.69) is 4.98 Å². The molecule has 0 aliphatic carbocycles. The molecule has 134 valence electrons. The van der Waals surface area contributed by atoms with Gasteiger partial charge in [0.25, 0.3) is 5.91 Å². The van der Waals surface area contributed by atoms with Crippen LogP contribution < -0.4 is 9.64 Å². The second kappa shape index (κ2) is 7.97. The number of nitrogens with zero attached hydrogens (tertiary/aromatic N) is 2. The first-order valence-electron chi connectivity index (χ1n) is 8.65. The fraction of sp³-hybridized carbons (Fsp3) is 0.474. The standard InChI is InChI=1S/C19H24N2O3S/c1-4-21(15-7-9-16(23-3)10-8-15)19(22)17-13(2)20-18(25-17)14-6-5-11-24-12-14/h7-10,14H,4-6,11-12H2,1-3H3. The van der Waals surface area contributed by atoms with E-state index in [-0.39, 0.29) is 5.91 Å². The summed E-state index contributed by atoms with van der Waals surface area (Å²) in [5.41, 5.74) is 1.67. The van der Waals surface area contributed by atoms with Gasteiger partial charge < -0.3 is 14.4 Å². The van der Waals surface area contributed by atoms with Crippen molar-refractivity contribution in [2.24, 2.45) is 0 Å². The van der Waals surface area contributed by atoms with Crippen molar-refractivity contribution in [1.82, 2.24) is 4.98 Å². The summed E-state index contributed by atoms with van der Waals surface area (Å²) in [5, 5.41) is 1.02. The maximum atomic E-state index is 13.1. The smallest absolute Gasteiger partial charge is 0.270 e. The molecule has 5 nitrogen and oxygen atoms in total. The van der Waals surface area contributed by atoms with E-state index in [0.29, 0.717) is 19.1 Å². The molecule has 1 fully saturated rings. The Bertz CT molecular complexity index is 721. The van der Waals surface area contributed by atoms with Crippen LogP contribution in [0.3, 0.4) is 0 Å². The highest BCUT2D eigenvalue weighted by molar-refractivity contribution is 7.14. The van der Waals surface area contributed by atoms with E-state index in [4.69, 9.17) is 9.47 Å². The van der Waals surface area contributed by atoms with Crippen molar-refractivity contribution in [3.8, 4) is 5.75 Å². The van der Waals surface area contributed by atoms with Crippen LogP contribution in [0.5, 0.6) is 5.75 Å². The number of aryl methyl sites for hydroxylation is 1. The molecule has 1 aliphatic rings. The number of methoxy groups -OCH3 is 1. The third kappa shape index (κ3) is 3.85. The molecule has 0 saturated carbocycles. The Morgan fingerprint density at radius 2 is 2.16 bits per heavy atom. The quantitative estimate of drug-likeness (QED) is 0.808. The summed E-state index contributed by atoms with van der Waals surface area (Å²) >= 11 is 1.51. The lowest BCUT2D eigenvalue weighted by Crippen LogP contribution is -2.30. The molecule has 1 aliphatic heterocycles. The van der Waals surface area contributed by atoms with Gasteiger partial charge in [-0.25, -0.2) is 4.98 Å². The van der Waals surface area contributed by atoms with Gasteiger partial charge in [-0.2, -0.15) is 0 Å². The van der Waals surface area contributed by atoms with Gasteiger partial charge in [0.1, 0.15) is 10.6 Å². The molecule has 0 N–H and O–H groups in total. The fourth-order valence-electron chi connectivity index (χ4n) is 3.05. The first-order chi connectivity index (χ1) is 12.1. The number of benzene rings is 1. The van der Waals surface area contributed by atoms with Crippen molar-refractivity contribution in [3.05, 3.63) is 39.8 Å². The molecule has 6 heteroatoms. The van der Waals surface area contributed by atoms with Crippen molar-refractivity contribution >= 4 is 22.9 Å². The first kappa shape index (κ1) is 17.9. The number of carbonyl (C=O) groups is 1. The number of anilines is 1. The van der Waals surface area contributed by atoms with Crippen LogP contribution in [0.4, 0.5) is 5.69 Å². The van der Waals surface area contributed by atoms with E-state index in [1.807, 2.05) is 38.1 Å². The third-order valence-electron chi connectivity index (χ3n) is 4.46. The first-order valence-corrected chi connectivity index (χ1v) is 9.46. The predicted octanol–water partition coefficient (Wildman–Crippen LogP) is 4.02. The van der Waals surface area contributed by atoms with Crippen molar-refractivity contribution in [3.63, 3.8) is 0 Å². The highest BCUT2D eigenvalue weighted by Crippen LogP contribution is 2.32. The van der Waals surface area contributed by atoms with E-state index in [0.717, 1.165) is 46.5 Å². The van der Waals surface area contributed by atoms with Crippen LogP contribution in [0.2, 0.25) is 0 Å². The minimum absolute atomic E-state index is 0.00523. The van der Waals surface area contributed by atoms with E-state index >= 15 is 0 Å². The molecule has 1 aromatic carbocycles. The molecule has 2 heterocycles. The highest BCUT2D eigenvalue weighted by Gasteiger charge is 2.26. The minimum Gasteiger partial charge on any atom is -0.497 e. The summed E-state index contributed by atoms with van der Waals surface area (Å²) in [6, 6.07) is 7.56.